The molecule has 2 bridgehead atoms. The van der Waals surface area contributed by atoms with Gasteiger partial charge >= 0.3 is 0 Å². The fraction of sp³-hybridized carbons (Fsp3) is 0.458. The summed E-state index contributed by atoms with van der Waals surface area (Å²) in [7, 11) is -3.82. The highest BCUT2D eigenvalue weighted by Crippen LogP contribution is 2.44. The van der Waals surface area contributed by atoms with Crippen LogP contribution in [0.25, 0.3) is 0 Å². The van der Waals surface area contributed by atoms with Crippen molar-refractivity contribution < 1.29 is 8.42 Å². The lowest BCUT2D eigenvalue weighted by atomic mass is 9.95. The second-order valence-electron chi connectivity index (χ2n) is 9.34. The maximum atomic E-state index is 13.1. The Balaban J connectivity index is 1.39. The van der Waals surface area contributed by atoms with Crippen molar-refractivity contribution in [2.75, 3.05) is 28.0 Å². The van der Waals surface area contributed by atoms with Gasteiger partial charge in [-0.25, -0.2) is 8.42 Å². The summed E-state index contributed by atoms with van der Waals surface area (Å²) in [4.78, 5) is 2.44. The summed E-state index contributed by atoms with van der Waals surface area (Å²) >= 11 is 11.8. The smallest absolute Gasteiger partial charge is 0.262 e. The Morgan fingerprint density at radius 1 is 1.03 bits per heavy atom. The van der Waals surface area contributed by atoms with Gasteiger partial charge in [0.05, 0.1) is 27.0 Å². The molecule has 0 radical (unpaired) electrons. The maximum Gasteiger partial charge on any atom is 0.262 e. The Hall–Kier alpha value is -2.03. The van der Waals surface area contributed by atoms with Gasteiger partial charge in [0.25, 0.3) is 10.0 Å². The number of para-hydroxylation sites is 1. The molecule has 5 rings (SSSR count). The van der Waals surface area contributed by atoms with Crippen LogP contribution in [0.1, 0.15) is 38.5 Å². The predicted molar refractivity (Wildman–Crippen MR) is 139 cm³/mol. The van der Waals surface area contributed by atoms with Crippen molar-refractivity contribution in [3.63, 3.8) is 0 Å². The minimum absolute atomic E-state index is 0.163. The fourth-order valence-electron chi connectivity index (χ4n) is 5.51. The monoisotopic (exact) mass is 504 g/mol. The molecule has 2 aromatic carbocycles. The number of nitrogens with zero attached hydrogens (tertiary/aromatic N) is 1. The van der Waals surface area contributed by atoms with Crippen LogP contribution >= 0.6 is 23.8 Å². The van der Waals surface area contributed by atoms with Crippen LogP contribution in [0, 0.1) is 11.8 Å². The summed E-state index contributed by atoms with van der Waals surface area (Å²) in [5.41, 5.74) is 2.03. The number of fused-ring (bicyclic) bond motifs is 2. The number of hydrogen-bond donors (Lipinski definition) is 3. The standard InChI is InChI=1S/C24H29ClN4O2S2/c25-19-5-1-2-6-20(19)28-33(30,31)18-9-10-23(29-11-3-4-12-29)22(15-18)27-24(32)26-21-14-16-7-8-17(21)13-16/h1-2,5-6,9-10,15-17,21,28H,3-4,7-8,11-14H2,(H2,26,27,32). The van der Waals surface area contributed by atoms with E-state index in [4.69, 9.17) is 23.8 Å². The summed E-state index contributed by atoms with van der Waals surface area (Å²) in [6.07, 6.45) is 7.32. The van der Waals surface area contributed by atoms with Crippen LogP contribution in [0.15, 0.2) is 47.4 Å². The van der Waals surface area contributed by atoms with Crippen molar-refractivity contribution in [1.82, 2.24) is 5.32 Å². The van der Waals surface area contributed by atoms with Gasteiger partial charge < -0.3 is 15.5 Å². The Labute approximate surface area is 206 Å². The van der Waals surface area contributed by atoms with E-state index in [1.165, 1.54) is 25.7 Å². The van der Waals surface area contributed by atoms with E-state index in [2.05, 4.69) is 20.3 Å². The molecule has 3 unspecified atom stereocenters. The Bertz CT molecular complexity index is 1150. The predicted octanol–water partition coefficient (Wildman–Crippen LogP) is 5.22. The third kappa shape index (κ3) is 4.93. The van der Waals surface area contributed by atoms with Gasteiger partial charge in [0, 0.05) is 19.1 Å². The lowest BCUT2D eigenvalue weighted by Crippen LogP contribution is -2.41. The second-order valence-corrected chi connectivity index (χ2v) is 11.8. The molecule has 1 saturated heterocycles. The van der Waals surface area contributed by atoms with Crippen LogP contribution in [0.5, 0.6) is 0 Å². The van der Waals surface area contributed by atoms with Gasteiger partial charge in [-0.05, 0) is 86.5 Å². The first-order valence-electron chi connectivity index (χ1n) is 11.6. The van der Waals surface area contributed by atoms with Gasteiger partial charge in [-0.15, -0.1) is 0 Å². The minimum Gasteiger partial charge on any atom is -0.370 e. The van der Waals surface area contributed by atoms with Gasteiger partial charge in [-0.3, -0.25) is 4.72 Å². The average Bonchev–Trinajstić information content (AvgIpc) is 3.54. The summed E-state index contributed by atoms with van der Waals surface area (Å²) in [6.45, 7) is 1.90. The molecule has 33 heavy (non-hydrogen) atoms. The van der Waals surface area contributed by atoms with Crippen molar-refractivity contribution in [1.29, 1.82) is 0 Å². The summed E-state index contributed by atoms with van der Waals surface area (Å²) in [6, 6.07) is 12.4. The van der Waals surface area contributed by atoms with Crippen molar-refractivity contribution >= 4 is 56.0 Å². The number of anilines is 3. The molecule has 1 aliphatic heterocycles. The van der Waals surface area contributed by atoms with E-state index in [-0.39, 0.29) is 4.90 Å². The molecule has 0 amide bonds. The molecule has 3 atom stereocenters. The average molecular weight is 505 g/mol. The fourth-order valence-corrected chi connectivity index (χ4v) is 7.12. The molecule has 2 aliphatic carbocycles. The van der Waals surface area contributed by atoms with Crippen molar-refractivity contribution in [2.24, 2.45) is 11.8 Å². The maximum absolute atomic E-state index is 13.1. The van der Waals surface area contributed by atoms with E-state index in [9.17, 15) is 8.42 Å². The number of benzene rings is 2. The molecule has 2 saturated carbocycles. The molecule has 2 aromatic rings. The molecule has 3 fully saturated rings. The van der Waals surface area contributed by atoms with Crippen LogP contribution in [0.2, 0.25) is 5.02 Å². The number of thiocarbonyl (C=S) groups is 1. The normalized spacial score (nSPS) is 24.2. The molecule has 0 aromatic heterocycles. The van der Waals surface area contributed by atoms with Crippen molar-refractivity contribution in [2.45, 2.75) is 49.5 Å². The van der Waals surface area contributed by atoms with Crippen LogP contribution < -0.4 is 20.3 Å². The Morgan fingerprint density at radius 3 is 2.52 bits per heavy atom. The molecular weight excluding hydrogens is 476 g/mol. The third-order valence-corrected chi connectivity index (χ3v) is 9.06. The highest BCUT2D eigenvalue weighted by atomic mass is 35.5. The first-order valence-corrected chi connectivity index (χ1v) is 13.9. The molecule has 6 nitrogen and oxygen atoms in total. The third-order valence-electron chi connectivity index (χ3n) is 7.15. The van der Waals surface area contributed by atoms with Crippen LogP contribution in [0.3, 0.4) is 0 Å². The van der Waals surface area contributed by atoms with E-state index in [1.807, 2.05) is 6.07 Å². The van der Waals surface area contributed by atoms with Gasteiger partial charge in [0.2, 0.25) is 0 Å². The van der Waals surface area contributed by atoms with Gasteiger partial charge in [0.15, 0.2) is 5.11 Å². The highest BCUT2D eigenvalue weighted by Gasteiger charge is 2.39. The SMILES string of the molecule is O=S(=O)(Nc1ccccc1Cl)c1ccc(N2CCCC2)c(NC(=S)NC2CC3CCC2C3)c1. The summed E-state index contributed by atoms with van der Waals surface area (Å²) in [5, 5.41) is 7.73. The van der Waals surface area contributed by atoms with Crippen molar-refractivity contribution in [3.05, 3.63) is 47.5 Å². The molecule has 0 spiro atoms. The first kappa shape index (κ1) is 22.7. The largest absolute Gasteiger partial charge is 0.370 e. The van der Waals surface area contributed by atoms with E-state index < -0.39 is 10.0 Å². The zero-order valence-corrected chi connectivity index (χ0v) is 20.8. The zero-order valence-electron chi connectivity index (χ0n) is 18.4. The summed E-state index contributed by atoms with van der Waals surface area (Å²) in [5.74, 6) is 1.51. The van der Waals surface area contributed by atoms with Gasteiger partial charge in [-0.2, -0.15) is 0 Å². The summed E-state index contributed by atoms with van der Waals surface area (Å²) < 4.78 is 28.9. The topological polar surface area (TPSA) is 73.5 Å². The quantitative estimate of drug-likeness (QED) is 0.469. The number of halogens is 1. The van der Waals surface area contributed by atoms with Gasteiger partial charge in [-0.1, -0.05) is 30.2 Å². The molecule has 3 N–H and O–H groups in total. The van der Waals surface area contributed by atoms with Crippen LogP contribution in [0.4, 0.5) is 17.1 Å². The Morgan fingerprint density at radius 2 is 1.82 bits per heavy atom. The van der Waals surface area contributed by atoms with Crippen LogP contribution in [-0.2, 0) is 10.0 Å². The number of hydrogen-bond acceptors (Lipinski definition) is 4. The molecule has 1 heterocycles. The minimum atomic E-state index is -3.82. The highest BCUT2D eigenvalue weighted by molar-refractivity contribution is 7.92. The number of nitrogens with one attached hydrogen (secondary N) is 3. The van der Waals surface area contributed by atoms with Crippen LogP contribution in [-0.4, -0.2) is 32.7 Å². The molecular formula is C24H29ClN4O2S2. The van der Waals surface area contributed by atoms with E-state index in [0.29, 0.717) is 33.5 Å². The van der Waals surface area contributed by atoms with E-state index in [0.717, 1.165) is 37.5 Å². The second kappa shape index (κ2) is 9.31. The van der Waals surface area contributed by atoms with E-state index in [1.54, 1.807) is 36.4 Å². The first-order chi connectivity index (χ1) is 15.9. The zero-order chi connectivity index (χ0) is 23.0. The number of rotatable bonds is 6. The Kier molecular flexibility index (Phi) is 6.42. The lowest BCUT2D eigenvalue weighted by molar-refractivity contribution is 0.392. The lowest BCUT2D eigenvalue weighted by Gasteiger charge is -2.27. The van der Waals surface area contributed by atoms with E-state index >= 15 is 0 Å². The van der Waals surface area contributed by atoms with Crippen molar-refractivity contribution in [3.8, 4) is 0 Å². The molecule has 3 aliphatic rings. The molecule has 176 valence electrons. The molecule has 9 heteroatoms. The number of sulfonamides is 1. The van der Waals surface area contributed by atoms with Gasteiger partial charge in [0.1, 0.15) is 0 Å².